The molecule has 0 radical (unpaired) electrons. The lowest BCUT2D eigenvalue weighted by Crippen LogP contribution is -2.27. The van der Waals surface area contributed by atoms with Gasteiger partial charge in [0.1, 0.15) is 17.3 Å². The fourth-order valence-electron chi connectivity index (χ4n) is 3.87. The zero-order valence-electron chi connectivity index (χ0n) is 23.5. The molecule has 0 bridgehead atoms. The molecule has 0 saturated heterocycles. The van der Waals surface area contributed by atoms with Gasteiger partial charge < -0.3 is 14.6 Å². The predicted octanol–water partition coefficient (Wildman–Crippen LogP) is 6.28. The van der Waals surface area contributed by atoms with E-state index in [-0.39, 0.29) is 41.3 Å². The Kier molecular flexibility index (Phi) is 12.7. The van der Waals surface area contributed by atoms with Gasteiger partial charge in [0.2, 0.25) is 11.8 Å². The summed E-state index contributed by atoms with van der Waals surface area (Å²) in [5, 5.41) is 28.1. The largest absolute Gasteiger partial charge is 0.492 e. The summed E-state index contributed by atoms with van der Waals surface area (Å²) in [6.07, 6.45) is 7.39. The van der Waals surface area contributed by atoms with Crippen molar-refractivity contribution in [2.75, 3.05) is 13.2 Å². The van der Waals surface area contributed by atoms with Crippen LogP contribution >= 0.6 is 0 Å². The van der Waals surface area contributed by atoms with Crippen LogP contribution in [0.1, 0.15) is 109 Å². The minimum atomic E-state index is -0.986. The molecule has 0 amide bonds. The molecule has 0 atom stereocenters. The highest BCUT2D eigenvalue weighted by atomic mass is 16.5. The van der Waals surface area contributed by atoms with Crippen molar-refractivity contribution in [3.63, 3.8) is 0 Å². The van der Waals surface area contributed by atoms with Crippen molar-refractivity contribution >= 4 is 29.2 Å². The van der Waals surface area contributed by atoms with E-state index in [1.807, 2.05) is 0 Å². The molecule has 2 rings (SSSR count). The van der Waals surface area contributed by atoms with E-state index in [1.165, 1.54) is 25.1 Å². The van der Waals surface area contributed by atoms with Gasteiger partial charge in [0.15, 0.2) is 5.69 Å². The van der Waals surface area contributed by atoms with E-state index in [1.54, 1.807) is 6.07 Å². The zero-order valence-corrected chi connectivity index (χ0v) is 23.5. The Morgan fingerprint density at radius 2 is 1.55 bits per heavy atom. The van der Waals surface area contributed by atoms with E-state index in [9.17, 15) is 29.5 Å². The minimum absolute atomic E-state index is 0.00561. The van der Waals surface area contributed by atoms with Crippen LogP contribution in [-0.4, -0.2) is 40.7 Å². The molecule has 1 aromatic carbocycles. The average Bonchev–Trinajstić information content (AvgIpc) is 2.92. The van der Waals surface area contributed by atoms with Crippen LogP contribution in [0.5, 0.6) is 5.88 Å². The number of azo groups is 1. The molecule has 40 heavy (non-hydrogen) atoms. The van der Waals surface area contributed by atoms with Crippen molar-refractivity contribution in [3.05, 3.63) is 50.8 Å². The lowest BCUT2D eigenvalue weighted by atomic mass is 10.1. The number of benzene rings is 1. The van der Waals surface area contributed by atoms with Gasteiger partial charge >= 0.3 is 11.9 Å². The minimum Gasteiger partial charge on any atom is -0.492 e. The number of aromatic nitrogens is 1. The second-order valence-electron chi connectivity index (χ2n) is 9.27. The molecule has 0 saturated carbocycles. The Hall–Kier alpha value is -4.33. The average molecular weight is 553 g/mol. The van der Waals surface area contributed by atoms with Gasteiger partial charge in [0.25, 0.3) is 5.56 Å². The van der Waals surface area contributed by atoms with Crippen LogP contribution in [0.4, 0.5) is 11.4 Å². The number of aromatic hydroxyl groups is 1. The van der Waals surface area contributed by atoms with Crippen LogP contribution < -0.4 is 5.56 Å². The molecule has 1 heterocycles. The molecule has 11 heteroatoms. The molecule has 0 spiro atoms. The van der Waals surface area contributed by atoms with Gasteiger partial charge in [0, 0.05) is 12.5 Å². The van der Waals surface area contributed by atoms with Crippen LogP contribution in [-0.2, 0) is 9.47 Å². The van der Waals surface area contributed by atoms with E-state index < -0.39 is 34.8 Å². The van der Waals surface area contributed by atoms with Gasteiger partial charge in [-0.15, -0.1) is 10.2 Å². The number of hydrogen-bond acceptors (Lipinski definition) is 10. The Morgan fingerprint density at radius 3 is 2.10 bits per heavy atom. The summed E-state index contributed by atoms with van der Waals surface area (Å²) >= 11 is 0. The molecule has 0 aliphatic carbocycles. The van der Waals surface area contributed by atoms with Crippen LogP contribution in [0, 0.1) is 18.3 Å². The molecular weight excluding hydrogens is 516 g/mol. The van der Waals surface area contributed by atoms with Crippen molar-refractivity contribution in [1.82, 2.24) is 4.57 Å². The van der Waals surface area contributed by atoms with Crippen LogP contribution in [0.3, 0.4) is 0 Å². The Labute approximate surface area is 233 Å². The summed E-state index contributed by atoms with van der Waals surface area (Å²) in [5.74, 6) is -2.92. The molecule has 2 aromatic rings. The predicted molar refractivity (Wildman–Crippen MR) is 148 cm³/mol. The number of unbranched alkanes of at least 4 members (excludes halogenated alkanes) is 6. The summed E-state index contributed by atoms with van der Waals surface area (Å²) in [4.78, 5) is 49.9. The van der Waals surface area contributed by atoms with Gasteiger partial charge in [0.05, 0.1) is 24.3 Å². The summed E-state index contributed by atoms with van der Waals surface area (Å²) in [6, 6.07) is 5.82. The van der Waals surface area contributed by atoms with Crippen molar-refractivity contribution in [1.29, 1.82) is 5.26 Å². The molecule has 0 unspecified atom stereocenters. The third-order valence-corrected chi connectivity index (χ3v) is 6.17. The van der Waals surface area contributed by atoms with Gasteiger partial charge in [-0.2, -0.15) is 5.26 Å². The highest BCUT2D eigenvalue weighted by molar-refractivity contribution is 5.98. The maximum absolute atomic E-state index is 12.9. The van der Waals surface area contributed by atoms with Gasteiger partial charge in [-0.3, -0.25) is 9.59 Å². The monoisotopic (exact) mass is 552 g/mol. The Balaban J connectivity index is 2.48. The number of nitriles is 1. The number of carbonyl (C=O) groups is 3. The number of esters is 2. The molecule has 0 aliphatic heterocycles. The topological polar surface area (TPSA) is 160 Å². The lowest BCUT2D eigenvalue weighted by molar-refractivity contribution is 0.0484. The molecule has 214 valence electrons. The van der Waals surface area contributed by atoms with Crippen LogP contribution in [0.15, 0.2) is 33.2 Å². The van der Waals surface area contributed by atoms with Crippen molar-refractivity contribution in [2.24, 2.45) is 10.2 Å². The van der Waals surface area contributed by atoms with E-state index in [2.05, 4.69) is 24.1 Å². The number of nitrogens with zero attached hydrogens (tertiary/aromatic N) is 4. The quantitative estimate of drug-likeness (QED) is 0.163. The molecule has 1 N–H and O–H groups in total. The third-order valence-electron chi connectivity index (χ3n) is 6.17. The Bertz CT molecular complexity index is 1360. The summed E-state index contributed by atoms with van der Waals surface area (Å²) in [5.41, 5.74) is -1.62. The zero-order chi connectivity index (χ0) is 29.7. The van der Waals surface area contributed by atoms with Crippen LogP contribution in [0.25, 0.3) is 0 Å². The van der Waals surface area contributed by atoms with E-state index >= 15 is 0 Å². The first-order valence-electron chi connectivity index (χ1n) is 13.5. The number of ether oxygens (including phenoxy) is 2. The number of carbonyl (C=O) groups excluding carboxylic acids is 3. The molecular formula is C29H36N4O7. The molecule has 11 nitrogen and oxygen atoms in total. The number of rotatable bonds is 14. The summed E-state index contributed by atoms with van der Waals surface area (Å²) in [7, 11) is 0. The Morgan fingerprint density at radius 1 is 0.950 bits per heavy atom. The van der Waals surface area contributed by atoms with Gasteiger partial charge in [-0.05, 0) is 38.0 Å². The number of hydrogen-bond donors (Lipinski definition) is 1. The summed E-state index contributed by atoms with van der Waals surface area (Å²) < 4.78 is 11.1. The van der Waals surface area contributed by atoms with E-state index in [4.69, 9.17) is 9.47 Å². The van der Waals surface area contributed by atoms with E-state index in [0.717, 1.165) is 51.9 Å². The van der Waals surface area contributed by atoms with Crippen molar-refractivity contribution < 1.29 is 29.0 Å². The first-order valence-corrected chi connectivity index (χ1v) is 13.5. The third kappa shape index (κ3) is 8.33. The van der Waals surface area contributed by atoms with Gasteiger partial charge in [-0.1, -0.05) is 52.4 Å². The smallest absolute Gasteiger partial charge is 0.340 e. The SMILES string of the molecule is CCCCCCOC(=O)c1ccc(C(=O)OCCCCCC)c(/N=N/c2c(C)c(C#N)c(=O)n(C(C)=O)c2O)c1. The van der Waals surface area contributed by atoms with E-state index in [0.29, 0.717) is 11.0 Å². The summed E-state index contributed by atoms with van der Waals surface area (Å²) in [6.45, 7) is 7.01. The fourth-order valence-corrected chi connectivity index (χ4v) is 3.87. The van der Waals surface area contributed by atoms with Crippen molar-refractivity contribution in [3.8, 4) is 11.9 Å². The highest BCUT2D eigenvalue weighted by Crippen LogP contribution is 2.33. The lowest BCUT2D eigenvalue weighted by Gasteiger charge is -2.11. The standard InChI is InChI=1S/C29H36N4O7/c1-5-7-9-11-15-39-28(37)21-13-14-22(29(38)40-16-12-10-8-6-2)24(17-21)31-32-25-19(3)23(18-30)26(35)33(20(4)34)27(25)36/h13-14,17,36H,5-12,15-16H2,1-4H3/b32-31+. The molecule has 0 fully saturated rings. The normalized spacial score (nSPS) is 10.9. The second kappa shape index (κ2) is 15.9. The highest BCUT2D eigenvalue weighted by Gasteiger charge is 2.22. The first kappa shape index (κ1) is 31.9. The maximum Gasteiger partial charge on any atom is 0.340 e. The molecule has 0 aliphatic rings. The fraction of sp³-hybridized carbons (Fsp3) is 0.483. The maximum atomic E-state index is 12.9. The van der Waals surface area contributed by atoms with Crippen molar-refractivity contribution in [2.45, 2.75) is 79.1 Å². The van der Waals surface area contributed by atoms with Crippen LogP contribution in [0.2, 0.25) is 0 Å². The number of pyridine rings is 1. The molecule has 1 aromatic heterocycles. The van der Waals surface area contributed by atoms with Gasteiger partial charge in [-0.25, -0.2) is 14.2 Å². The first-order chi connectivity index (χ1) is 19.2. The second-order valence-corrected chi connectivity index (χ2v) is 9.27.